The fourth-order valence-corrected chi connectivity index (χ4v) is 3.99. The molecule has 8 heteroatoms. The smallest absolute Gasteiger partial charge is 0.419 e. The molecule has 0 aliphatic heterocycles. The summed E-state index contributed by atoms with van der Waals surface area (Å²) in [4.78, 5) is 38.0. The van der Waals surface area contributed by atoms with Crippen molar-refractivity contribution in [2.24, 2.45) is 5.73 Å². The molecule has 7 nitrogen and oxygen atoms in total. The number of aromatic nitrogens is 1. The van der Waals surface area contributed by atoms with Gasteiger partial charge in [0.05, 0.1) is 12.6 Å². The summed E-state index contributed by atoms with van der Waals surface area (Å²) in [6.07, 6.45) is -0.760. The van der Waals surface area contributed by atoms with Gasteiger partial charge in [0.1, 0.15) is 17.1 Å². The summed E-state index contributed by atoms with van der Waals surface area (Å²) in [5, 5.41) is 0.582. The maximum absolute atomic E-state index is 13.5. The number of nitrogens with two attached hydrogens (primary N) is 1. The fraction of sp³-hybridized carbons (Fsp3) is 0.179. The van der Waals surface area contributed by atoms with E-state index in [4.69, 9.17) is 15.2 Å². The highest BCUT2D eigenvalue weighted by atomic mass is 19.1. The van der Waals surface area contributed by atoms with Gasteiger partial charge in [0, 0.05) is 16.5 Å². The van der Waals surface area contributed by atoms with E-state index in [1.54, 1.807) is 69.3 Å². The predicted molar refractivity (Wildman–Crippen MR) is 134 cm³/mol. The molecule has 0 unspecified atom stereocenters. The van der Waals surface area contributed by atoms with Crippen LogP contribution in [0.1, 0.15) is 41.6 Å². The molecule has 3 aromatic carbocycles. The van der Waals surface area contributed by atoms with Crippen molar-refractivity contribution < 1.29 is 28.2 Å². The molecule has 184 valence electrons. The van der Waals surface area contributed by atoms with Crippen LogP contribution >= 0.6 is 0 Å². The second-order valence-electron chi connectivity index (χ2n) is 9.21. The van der Waals surface area contributed by atoms with Crippen LogP contribution in [0.5, 0.6) is 0 Å². The Morgan fingerprint density at radius 1 is 0.861 bits per heavy atom. The third-order valence-corrected chi connectivity index (χ3v) is 5.56. The molecule has 1 aromatic heterocycles. The molecule has 1 amide bonds. The highest BCUT2D eigenvalue weighted by molar-refractivity contribution is 6.13. The van der Waals surface area contributed by atoms with Crippen LogP contribution in [0.25, 0.3) is 33.2 Å². The summed E-state index contributed by atoms with van der Waals surface area (Å²) in [7, 11) is 1.23. The van der Waals surface area contributed by atoms with Crippen molar-refractivity contribution in [1.29, 1.82) is 0 Å². The zero-order valence-electron chi connectivity index (χ0n) is 20.3. The highest BCUT2D eigenvalue weighted by Gasteiger charge is 2.31. The van der Waals surface area contributed by atoms with Crippen LogP contribution in [0.2, 0.25) is 0 Å². The van der Waals surface area contributed by atoms with Crippen LogP contribution in [-0.2, 0) is 9.47 Å². The molecule has 1 heterocycles. The minimum absolute atomic E-state index is 0.0233. The van der Waals surface area contributed by atoms with Gasteiger partial charge in [-0.3, -0.25) is 4.79 Å². The Morgan fingerprint density at radius 3 is 2.00 bits per heavy atom. The van der Waals surface area contributed by atoms with Gasteiger partial charge < -0.3 is 15.2 Å². The molecular weight excluding hydrogens is 463 g/mol. The Bertz CT molecular complexity index is 1480. The molecule has 0 atom stereocenters. The molecule has 2 N–H and O–H groups in total. The molecule has 0 aliphatic rings. The molecule has 0 aliphatic carbocycles. The molecular formula is C28H25FN2O5. The van der Waals surface area contributed by atoms with Crippen molar-refractivity contribution in [2.45, 2.75) is 26.4 Å². The largest absolute Gasteiger partial charge is 0.464 e. The summed E-state index contributed by atoms with van der Waals surface area (Å²) in [5.41, 5.74) is 7.65. The molecule has 0 saturated heterocycles. The number of hydrogen-bond donors (Lipinski definition) is 1. The van der Waals surface area contributed by atoms with E-state index in [1.807, 2.05) is 6.07 Å². The lowest BCUT2D eigenvalue weighted by Gasteiger charge is -2.20. The molecule has 4 aromatic rings. The van der Waals surface area contributed by atoms with Gasteiger partial charge in [-0.2, -0.15) is 0 Å². The fourth-order valence-electron chi connectivity index (χ4n) is 3.99. The minimum atomic E-state index is -0.834. The first kappa shape index (κ1) is 24.7. The van der Waals surface area contributed by atoms with Crippen molar-refractivity contribution in [2.75, 3.05) is 7.11 Å². The summed E-state index contributed by atoms with van der Waals surface area (Å²) < 4.78 is 25.4. The molecule has 36 heavy (non-hydrogen) atoms. The number of primary amides is 1. The standard InChI is InChI=1S/C28H25FN2O5/c1-28(2,3)36-27(34)31-22-15-19(16-9-12-20(29)13-10-16)11-14-21(22)23(24(31)26(33)35-4)17-5-7-18(8-6-17)25(30)32/h5-15H,1-4H3,(H2,30,32). The number of amides is 1. The van der Waals surface area contributed by atoms with E-state index in [0.717, 1.165) is 5.56 Å². The zero-order chi connectivity index (χ0) is 26.2. The van der Waals surface area contributed by atoms with E-state index < -0.39 is 23.6 Å². The average molecular weight is 489 g/mol. The first-order valence-electron chi connectivity index (χ1n) is 11.2. The Morgan fingerprint density at radius 2 is 1.44 bits per heavy atom. The number of hydrogen-bond acceptors (Lipinski definition) is 5. The molecule has 0 radical (unpaired) electrons. The lowest BCUT2D eigenvalue weighted by Crippen LogP contribution is -2.29. The van der Waals surface area contributed by atoms with Crippen LogP contribution in [0.15, 0.2) is 66.7 Å². The van der Waals surface area contributed by atoms with Gasteiger partial charge in [0.2, 0.25) is 5.91 Å². The van der Waals surface area contributed by atoms with E-state index in [-0.39, 0.29) is 11.5 Å². The van der Waals surface area contributed by atoms with Crippen molar-refractivity contribution in [3.8, 4) is 22.3 Å². The lowest BCUT2D eigenvalue weighted by molar-refractivity contribution is 0.0490. The predicted octanol–water partition coefficient (Wildman–Crippen LogP) is 5.78. The number of ether oxygens (including phenoxy) is 2. The Kier molecular flexibility index (Phi) is 6.37. The zero-order valence-corrected chi connectivity index (χ0v) is 20.3. The van der Waals surface area contributed by atoms with Crippen LogP contribution < -0.4 is 5.73 Å². The maximum atomic E-state index is 13.5. The van der Waals surface area contributed by atoms with Crippen molar-refractivity contribution in [1.82, 2.24) is 4.57 Å². The number of carbonyl (C=O) groups excluding carboxylic acids is 3. The van der Waals surface area contributed by atoms with Crippen LogP contribution in [0, 0.1) is 5.82 Å². The Hall–Kier alpha value is -4.46. The van der Waals surface area contributed by atoms with Crippen LogP contribution in [-0.4, -0.2) is 35.2 Å². The molecule has 0 spiro atoms. The Balaban J connectivity index is 2.05. The third-order valence-electron chi connectivity index (χ3n) is 5.56. The first-order chi connectivity index (χ1) is 17.0. The maximum Gasteiger partial charge on any atom is 0.419 e. The molecule has 0 fully saturated rings. The van der Waals surface area contributed by atoms with E-state index in [2.05, 4.69) is 0 Å². The van der Waals surface area contributed by atoms with Crippen LogP contribution in [0.3, 0.4) is 0 Å². The van der Waals surface area contributed by atoms with Gasteiger partial charge in [0.15, 0.2) is 0 Å². The molecule has 0 bridgehead atoms. The number of carbonyl (C=O) groups is 3. The topological polar surface area (TPSA) is 101 Å². The SMILES string of the molecule is COC(=O)c1c(-c2ccc(C(N)=O)cc2)c2ccc(-c3ccc(F)cc3)cc2n1C(=O)OC(C)(C)C. The average Bonchev–Trinajstić information content (AvgIpc) is 3.17. The Labute approximate surface area is 207 Å². The van der Waals surface area contributed by atoms with Crippen molar-refractivity contribution in [3.63, 3.8) is 0 Å². The van der Waals surface area contributed by atoms with Gasteiger partial charge in [-0.1, -0.05) is 36.4 Å². The van der Waals surface area contributed by atoms with Gasteiger partial charge >= 0.3 is 12.1 Å². The molecule has 4 rings (SSSR count). The minimum Gasteiger partial charge on any atom is -0.464 e. The van der Waals surface area contributed by atoms with Crippen LogP contribution in [0.4, 0.5) is 9.18 Å². The van der Waals surface area contributed by atoms with E-state index >= 15 is 0 Å². The summed E-state index contributed by atoms with van der Waals surface area (Å²) in [6.45, 7) is 5.17. The van der Waals surface area contributed by atoms with Gasteiger partial charge in [0.25, 0.3) is 0 Å². The third kappa shape index (κ3) is 4.70. The van der Waals surface area contributed by atoms with E-state index in [1.165, 1.54) is 23.8 Å². The summed E-state index contributed by atoms with van der Waals surface area (Å²) in [5.74, 6) is -1.70. The number of benzene rings is 3. The van der Waals surface area contributed by atoms with Gasteiger partial charge in [-0.05, 0) is 67.8 Å². The van der Waals surface area contributed by atoms with Gasteiger partial charge in [-0.15, -0.1) is 0 Å². The number of nitrogens with zero attached hydrogens (tertiary/aromatic N) is 1. The normalized spacial score (nSPS) is 11.4. The number of fused-ring (bicyclic) bond motifs is 1. The molecule has 0 saturated carbocycles. The second kappa shape index (κ2) is 9.30. The van der Waals surface area contributed by atoms with Gasteiger partial charge in [-0.25, -0.2) is 18.5 Å². The van der Waals surface area contributed by atoms with E-state index in [9.17, 15) is 18.8 Å². The van der Waals surface area contributed by atoms with Crippen molar-refractivity contribution >= 4 is 28.9 Å². The monoisotopic (exact) mass is 488 g/mol. The second-order valence-corrected chi connectivity index (χ2v) is 9.21. The summed E-state index contributed by atoms with van der Waals surface area (Å²) >= 11 is 0. The number of methoxy groups -OCH3 is 1. The number of halogens is 1. The summed E-state index contributed by atoms with van der Waals surface area (Å²) in [6, 6.07) is 17.7. The quantitative estimate of drug-likeness (QED) is 0.367. The number of esters is 1. The first-order valence-corrected chi connectivity index (χ1v) is 11.2. The van der Waals surface area contributed by atoms with Crippen molar-refractivity contribution in [3.05, 3.63) is 83.8 Å². The number of rotatable bonds is 4. The lowest BCUT2D eigenvalue weighted by atomic mass is 9.98. The highest BCUT2D eigenvalue weighted by Crippen LogP contribution is 2.38. The van der Waals surface area contributed by atoms with E-state index in [0.29, 0.717) is 33.2 Å².